The largest absolute Gasteiger partial charge is 0.465 e. The third-order valence-corrected chi connectivity index (χ3v) is 3.74. The van der Waals surface area contributed by atoms with Gasteiger partial charge < -0.3 is 25.4 Å². The van der Waals surface area contributed by atoms with Crippen molar-refractivity contribution in [1.29, 1.82) is 0 Å². The SMILES string of the molecule is COC(=O)c1ccc(C(=O)OC)c(NC(=O)C(=O)Nc2cccc(NC(C)=O)c2)c1. The number of hydrogen-bond acceptors (Lipinski definition) is 7. The van der Waals surface area contributed by atoms with E-state index in [0.29, 0.717) is 5.69 Å². The molecule has 0 aliphatic heterocycles. The number of methoxy groups -OCH3 is 2. The van der Waals surface area contributed by atoms with E-state index >= 15 is 0 Å². The molecule has 2 rings (SSSR count). The Hall–Kier alpha value is -4.21. The van der Waals surface area contributed by atoms with Crippen LogP contribution in [-0.4, -0.2) is 43.9 Å². The second-order valence-corrected chi connectivity index (χ2v) is 5.91. The van der Waals surface area contributed by atoms with Gasteiger partial charge in [-0.05, 0) is 36.4 Å². The minimum absolute atomic E-state index is 0.0565. The highest BCUT2D eigenvalue weighted by atomic mass is 16.5. The minimum atomic E-state index is -1.09. The lowest BCUT2D eigenvalue weighted by Crippen LogP contribution is -2.30. The number of ether oxygens (including phenoxy) is 2. The van der Waals surface area contributed by atoms with Gasteiger partial charge in [0.1, 0.15) is 0 Å². The fourth-order valence-corrected chi connectivity index (χ4v) is 2.43. The van der Waals surface area contributed by atoms with Crippen molar-refractivity contribution in [3.05, 3.63) is 53.6 Å². The summed E-state index contributed by atoms with van der Waals surface area (Å²) in [6.07, 6.45) is 0. The fraction of sp³-hybridized carbons (Fsp3) is 0.150. The van der Waals surface area contributed by atoms with Gasteiger partial charge in [-0.25, -0.2) is 9.59 Å². The lowest BCUT2D eigenvalue weighted by Gasteiger charge is -2.12. The molecule has 3 N–H and O–H groups in total. The Kier molecular flexibility index (Phi) is 7.23. The maximum atomic E-state index is 12.3. The average Bonchev–Trinajstić information content (AvgIpc) is 2.72. The smallest absolute Gasteiger partial charge is 0.339 e. The summed E-state index contributed by atoms with van der Waals surface area (Å²) < 4.78 is 9.26. The predicted molar refractivity (Wildman–Crippen MR) is 107 cm³/mol. The van der Waals surface area contributed by atoms with Crippen LogP contribution in [0, 0.1) is 0 Å². The Morgan fingerprint density at radius 3 is 1.93 bits per heavy atom. The number of benzene rings is 2. The normalized spacial score (nSPS) is 9.83. The molecule has 0 saturated heterocycles. The molecule has 0 aliphatic rings. The van der Waals surface area contributed by atoms with Crippen molar-refractivity contribution in [2.24, 2.45) is 0 Å². The molecule has 156 valence electrons. The van der Waals surface area contributed by atoms with E-state index in [4.69, 9.17) is 0 Å². The Morgan fingerprint density at radius 2 is 1.33 bits per heavy atom. The summed E-state index contributed by atoms with van der Waals surface area (Å²) in [5, 5.41) is 7.21. The van der Waals surface area contributed by atoms with Crippen LogP contribution in [0.25, 0.3) is 0 Å². The van der Waals surface area contributed by atoms with Crippen LogP contribution >= 0.6 is 0 Å². The van der Waals surface area contributed by atoms with Crippen LogP contribution in [0.5, 0.6) is 0 Å². The van der Waals surface area contributed by atoms with Crippen LogP contribution in [0.4, 0.5) is 17.1 Å². The third kappa shape index (κ3) is 5.64. The summed E-state index contributed by atoms with van der Waals surface area (Å²) in [5.41, 5.74) is 0.595. The number of hydrogen-bond donors (Lipinski definition) is 3. The van der Waals surface area contributed by atoms with Gasteiger partial charge in [0, 0.05) is 18.3 Å². The number of amides is 3. The van der Waals surface area contributed by atoms with Gasteiger partial charge in [-0.2, -0.15) is 0 Å². The number of rotatable bonds is 5. The molecule has 0 radical (unpaired) electrons. The summed E-state index contributed by atoms with van der Waals surface area (Å²) in [4.78, 5) is 59.4. The second-order valence-electron chi connectivity index (χ2n) is 5.91. The highest BCUT2D eigenvalue weighted by Gasteiger charge is 2.20. The molecule has 0 fully saturated rings. The Balaban J connectivity index is 2.21. The van der Waals surface area contributed by atoms with Crippen LogP contribution in [0.1, 0.15) is 27.6 Å². The van der Waals surface area contributed by atoms with E-state index in [2.05, 4.69) is 25.4 Å². The topological polar surface area (TPSA) is 140 Å². The van der Waals surface area contributed by atoms with E-state index in [1.807, 2.05) is 0 Å². The number of anilines is 3. The average molecular weight is 413 g/mol. The molecule has 3 amide bonds. The van der Waals surface area contributed by atoms with Crippen molar-refractivity contribution < 1.29 is 33.4 Å². The van der Waals surface area contributed by atoms with Crippen LogP contribution in [0.15, 0.2) is 42.5 Å². The molecule has 0 saturated carbocycles. The van der Waals surface area contributed by atoms with Crippen LogP contribution in [0.3, 0.4) is 0 Å². The fourth-order valence-electron chi connectivity index (χ4n) is 2.43. The Bertz CT molecular complexity index is 1020. The van der Waals surface area contributed by atoms with E-state index < -0.39 is 23.8 Å². The molecular weight excluding hydrogens is 394 g/mol. The maximum Gasteiger partial charge on any atom is 0.339 e. The molecule has 0 spiro atoms. The maximum absolute atomic E-state index is 12.3. The Morgan fingerprint density at radius 1 is 0.733 bits per heavy atom. The van der Waals surface area contributed by atoms with Crippen LogP contribution in [-0.2, 0) is 23.9 Å². The van der Waals surface area contributed by atoms with Crippen molar-refractivity contribution in [2.75, 3.05) is 30.2 Å². The van der Waals surface area contributed by atoms with Gasteiger partial charge in [0.2, 0.25) is 5.91 Å². The van der Waals surface area contributed by atoms with Gasteiger partial charge in [-0.3, -0.25) is 14.4 Å². The summed E-state index contributed by atoms with van der Waals surface area (Å²) in [7, 11) is 2.33. The predicted octanol–water partition coefficient (Wildman–Crippen LogP) is 1.80. The van der Waals surface area contributed by atoms with Crippen molar-refractivity contribution in [2.45, 2.75) is 6.92 Å². The van der Waals surface area contributed by atoms with Crippen molar-refractivity contribution in [3.63, 3.8) is 0 Å². The first-order chi connectivity index (χ1) is 14.2. The third-order valence-electron chi connectivity index (χ3n) is 3.74. The van der Waals surface area contributed by atoms with E-state index in [1.165, 1.54) is 44.4 Å². The molecule has 0 aromatic heterocycles. The molecule has 2 aromatic rings. The van der Waals surface area contributed by atoms with Gasteiger partial charge in [0.25, 0.3) is 0 Å². The van der Waals surface area contributed by atoms with Gasteiger partial charge in [0.15, 0.2) is 0 Å². The molecule has 10 nitrogen and oxygen atoms in total. The highest BCUT2D eigenvalue weighted by molar-refractivity contribution is 6.44. The first-order valence-electron chi connectivity index (χ1n) is 8.55. The second kappa shape index (κ2) is 9.82. The summed E-state index contributed by atoms with van der Waals surface area (Å²) >= 11 is 0. The summed E-state index contributed by atoms with van der Waals surface area (Å²) in [6.45, 7) is 1.33. The zero-order valence-electron chi connectivity index (χ0n) is 16.4. The number of nitrogens with one attached hydrogen (secondary N) is 3. The van der Waals surface area contributed by atoms with Crippen LogP contribution < -0.4 is 16.0 Å². The van der Waals surface area contributed by atoms with Gasteiger partial charge >= 0.3 is 23.8 Å². The molecule has 0 aliphatic carbocycles. The van der Waals surface area contributed by atoms with Gasteiger partial charge in [0.05, 0.1) is 31.0 Å². The molecule has 0 heterocycles. The Labute approximate surface area is 171 Å². The zero-order chi connectivity index (χ0) is 22.3. The number of carbonyl (C=O) groups is 5. The standard InChI is InChI=1S/C20H19N3O7/c1-11(24)21-13-5-4-6-14(10-13)22-17(25)18(26)23-16-9-12(19(27)29-2)7-8-15(16)20(28)30-3/h4-10H,1-3H3,(H,21,24)(H,22,25)(H,23,26). The van der Waals surface area contributed by atoms with E-state index in [1.54, 1.807) is 12.1 Å². The zero-order valence-corrected chi connectivity index (χ0v) is 16.4. The number of esters is 2. The monoisotopic (exact) mass is 413 g/mol. The molecule has 0 unspecified atom stereocenters. The molecule has 30 heavy (non-hydrogen) atoms. The lowest BCUT2D eigenvalue weighted by molar-refractivity contribution is -0.133. The van der Waals surface area contributed by atoms with Crippen molar-refractivity contribution >= 4 is 46.7 Å². The highest BCUT2D eigenvalue weighted by Crippen LogP contribution is 2.20. The van der Waals surface area contributed by atoms with Crippen LogP contribution in [0.2, 0.25) is 0 Å². The molecule has 0 atom stereocenters. The van der Waals surface area contributed by atoms with Crippen molar-refractivity contribution in [3.8, 4) is 0 Å². The molecule has 0 bridgehead atoms. The van der Waals surface area contributed by atoms with Gasteiger partial charge in [-0.15, -0.1) is 0 Å². The molecular formula is C20H19N3O7. The first-order valence-corrected chi connectivity index (χ1v) is 8.55. The first kappa shape index (κ1) is 22.1. The molecule has 2 aromatic carbocycles. The summed E-state index contributed by atoms with van der Waals surface area (Å²) in [6, 6.07) is 9.95. The van der Waals surface area contributed by atoms with E-state index in [9.17, 15) is 24.0 Å². The quantitative estimate of drug-likeness (QED) is 0.501. The lowest BCUT2D eigenvalue weighted by atomic mass is 10.1. The summed E-state index contributed by atoms with van der Waals surface area (Å²) in [5.74, 6) is -3.88. The number of carbonyl (C=O) groups excluding carboxylic acids is 5. The van der Waals surface area contributed by atoms with E-state index in [0.717, 1.165) is 7.11 Å². The minimum Gasteiger partial charge on any atom is -0.465 e. The molecule has 10 heteroatoms. The van der Waals surface area contributed by atoms with E-state index in [-0.39, 0.29) is 28.4 Å². The van der Waals surface area contributed by atoms with Gasteiger partial charge in [-0.1, -0.05) is 6.07 Å². The van der Waals surface area contributed by atoms with Crippen molar-refractivity contribution in [1.82, 2.24) is 0 Å².